The fourth-order valence-corrected chi connectivity index (χ4v) is 1.81. The minimum atomic E-state index is 0.324. The standard InChI is InChI=1S/C13H21N/c1-4-6-9-13(3,5-2)12-8-7-10-14-11-12/h7-8,10-11H,4-6,9H2,1-3H3. The van der Waals surface area contributed by atoms with E-state index in [4.69, 9.17) is 0 Å². The Morgan fingerprint density at radius 1 is 1.36 bits per heavy atom. The van der Waals surface area contributed by atoms with Crippen molar-refractivity contribution in [3.63, 3.8) is 0 Å². The number of aromatic nitrogens is 1. The molecule has 0 aliphatic carbocycles. The molecule has 14 heavy (non-hydrogen) atoms. The van der Waals surface area contributed by atoms with Crippen molar-refractivity contribution < 1.29 is 0 Å². The minimum Gasteiger partial charge on any atom is -0.264 e. The molecule has 0 radical (unpaired) electrons. The first-order valence-electron chi connectivity index (χ1n) is 5.63. The highest BCUT2D eigenvalue weighted by molar-refractivity contribution is 5.20. The van der Waals surface area contributed by atoms with Gasteiger partial charge in [0.1, 0.15) is 0 Å². The Labute approximate surface area is 87.6 Å². The van der Waals surface area contributed by atoms with Gasteiger partial charge in [-0.15, -0.1) is 0 Å². The second-order valence-corrected chi connectivity index (χ2v) is 4.26. The number of nitrogens with zero attached hydrogens (tertiary/aromatic N) is 1. The molecule has 0 saturated carbocycles. The maximum absolute atomic E-state index is 4.21. The van der Waals surface area contributed by atoms with Crippen LogP contribution in [-0.4, -0.2) is 4.98 Å². The van der Waals surface area contributed by atoms with Crippen molar-refractivity contribution in [3.8, 4) is 0 Å². The van der Waals surface area contributed by atoms with Gasteiger partial charge in [-0.05, 0) is 29.9 Å². The van der Waals surface area contributed by atoms with Crippen molar-refractivity contribution >= 4 is 0 Å². The van der Waals surface area contributed by atoms with Gasteiger partial charge in [0.2, 0.25) is 0 Å². The lowest BCUT2D eigenvalue weighted by atomic mass is 9.77. The molecule has 0 aliphatic heterocycles. The molecule has 0 aliphatic rings. The normalized spacial score (nSPS) is 15.1. The fraction of sp³-hybridized carbons (Fsp3) is 0.615. The van der Waals surface area contributed by atoms with Crippen LogP contribution in [0.2, 0.25) is 0 Å². The van der Waals surface area contributed by atoms with Gasteiger partial charge in [-0.3, -0.25) is 4.98 Å². The molecule has 1 atom stereocenters. The van der Waals surface area contributed by atoms with Gasteiger partial charge in [-0.1, -0.05) is 39.7 Å². The molecule has 0 aromatic carbocycles. The maximum atomic E-state index is 4.21. The van der Waals surface area contributed by atoms with E-state index in [-0.39, 0.29) is 0 Å². The third-order valence-electron chi connectivity index (χ3n) is 3.22. The van der Waals surface area contributed by atoms with Crippen LogP contribution in [0.5, 0.6) is 0 Å². The summed E-state index contributed by atoms with van der Waals surface area (Å²) in [6.07, 6.45) is 8.90. The Hall–Kier alpha value is -0.850. The molecule has 1 heterocycles. The van der Waals surface area contributed by atoms with Gasteiger partial charge < -0.3 is 0 Å². The Kier molecular flexibility index (Phi) is 4.12. The van der Waals surface area contributed by atoms with Crippen molar-refractivity contribution in [2.24, 2.45) is 0 Å². The molecule has 0 bridgehead atoms. The van der Waals surface area contributed by atoms with E-state index in [1.165, 1.54) is 31.2 Å². The average Bonchev–Trinajstić information content (AvgIpc) is 2.27. The van der Waals surface area contributed by atoms with Gasteiger partial charge in [-0.25, -0.2) is 0 Å². The van der Waals surface area contributed by atoms with Crippen LogP contribution in [0.1, 0.15) is 52.0 Å². The first-order chi connectivity index (χ1) is 6.73. The second kappa shape index (κ2) is 5.14. The lowest BCUT2D eigenvalue weighted by Gasteiger charge is -2.28. The van der Waals surface area contributed by atoms with Gasteiger partial charge in [0, 0.05) is 12.4 Å². The molecule has 1 heteroatoms. The number of unbranched alkanes of at least 4 members (excludes halogenated alkanes) is 1. The molecule has 0 saturated heterocycles. The molecular weight excluding hydrogens is 170 g/mol. The minimum absolute atomic E-state index is 0.324. The SMILES string of the molecule is CCCCC(C)(CC)c1cccnc1. The lowest BCUT2D eigenvalue weighted by Crippen LogP contribution is -2.20. The molecular formula is C13H21N. The molecule has 1 unspecified atom stereocenters. The highest BCUT2D eigenvalue weighted by atomic mass is 14.6. The van der Waals surface area contributed by atoms with Crippen LogP contribution in [0.3, 0.4) is 0 Å². The number of rotatable bonds is 5. The fourth-order valence-electron chi connectivity index (χ4n) is 1.81. The predicted molar refractivity (Wildman–Crippen MR) is 61.4 cm³/mol. The molecule has 1 nitrogen and oxygen atoms in total. The largest absolute Gasteiger partial charge is 0.264 e. The van der Waals surface area contributed by atoms with Crippen molar-refractivity contribution in [2.45, 2.75) is 51.9 Å². The second-order valence-electron chi connectivity index (χ2n) is 4.26. The van der Waals surface area contributed by atoms with E-state index in [9.17, 15) is 0 Å². The molecule has 0 fully saturated rings. The van der Waals surface area contributed by atoms with Crippen LogP contribution in [0.4, 0.5) is 0 Å². The van der Waals surface area contributed by atoms with Crippen molar-refractivity contribution in [2.75, 3.05) is 0 Å². The molecule has 0 N–H and O–H groups in total. The Bertz CT molecular complexity index is 255. The number of hydrogen-bond acceptors (Lipinski definition) is 1. The molecule has 0 spiro atoms. The van der Waals surface area contributed by atoms with Crippen molar-refractivity contribution in [3.05, 3.63) is 30.1 Å². The highest BCUT2D eigenvalue weighted by Crippen LogP contribution is 2.32. The zero-order chi connectivity index (χ0) is 10.4. The third-order valence-corrected chi connectivity index (χ3v) is 3.22. The van der Waals surface area contributed by atoms with Crippen molar-refractivity contribution in [1.82, 2.24) is 4.98 Å². The summed E-state index contributed by atoms with van der Waals surface area (Å²) in [5.41, 5.74) is 1.71. The van der Waals surface area contributed by atoms with E-state index in [2.05, 4.69) is 31.8 Å². The molecule has 0 amide bonds. The van der Waals surface area contributed by atoms with E-state index >= 15 is 0 Å². The first kappa shape index (κ1) is 11.2. The summed E-state index contributed by atoms with van der Waals surface area (Å²) in [5.74, 6) is 0. The topological polar surface area (TPSA) is 12.9 Å². The molecule has 1 aromatic rings. The zero-order valence-electron chi connectivity index (χ0n) is 9.59. The van der Waals surface area contributed by atoms with Crippen LogP contribution < -0.4 is 0 Å². The van der Waals surface area contributed by atoms with E-state index in [1.54, 1.807) is 0 Å². The summed E-state index contributed by atoms with van der Waals surface area (Å²) in [5, 5.41) is 0. The van der Waals surface area contributed by atoms with Gasteiger partial charge in [0.15, 0.2) is 0 Å². The number of hydrogen-bond donors (Lipinski definition) is 0. The summed E-state index contributed by atoms with van der Waals surface area (Å²) in [6.45, 7) is 6.86. The smallest absolute Gasteiger partial charge is 0.0305 e. The third kappa shape index (κ3) is 2.57. The molecule has 1 rings (SSSR count). The van der Waals surface area contributed by atoms with E-state index in [0.29, 0.717) is 5.41 Å². The Balaban J connectivity index is 2.79. The maximum Gasteiger partial charge on any atom is 0.0305 e. The average molecular weight is 191 g/mol. The van der Waals surface area contributed by atoms with Crippen LogP contribution in [0.25, 0.3) is 0 Å². The van der Waals surface area contributed by atoms with Crippen LogP contribution in [0, 0.1) is 0 Å². The van der Waals surface area contributed by atoms with E-state index < -0.39 is 0 Å². The van der Waals surface area contributed by atoms with Crippen LogP contribution in [-0.2, 0) is 5.41 Å². The molecule has 1 aromatic heterocycles. The first-order valence-corrected chi connectivity index (χ1v) is 5.63. The van der Waals surface area contributed by atoms with Gasteiger partial charge in [-0.2, -0.15) is 0 Å². The van der Waals surface area contributed by atoms with Crippen LogP contribution >= 0.6 is 0 Å². The van der Waals surface area contributed by atoms with Gasteiger partial charge in [0.05, 0.1) is 0 Å². The van der Waals surface area contributed by atoms with Gasteiger partial charge in [0.25, 0.3) is 0 Å². The summed E-state index contributed by atoms with van der Waals surface area (Å²) in [7, 11) is 0. The summed E-state index contributed by atoms with van der Waals surface area (Å²) in [6, 6.07) is 4.24. The predicted octanol–water partition coefficient (Wildman–Crippen LogP) is 3.94. The summed E-state index contributed by atoms with van der Waals surface area (Å²) >= 11 is 0. The quantitative estimate of drug-likeness (QED) is 0.687. The van der Waals surface area contributed by atoms with Crippen molar-refractivity contribution in [1.29, 1.82) is 0 Å². The summed E-state index contributed by atoms with van der Waals surface area (Å²) in [4.78, 5) is 4.21. The monoisotopic (exact) mass is 191 g/mol. The highest BCUT2D eigenvalue weighted by Gasteiger charge is 2.23. The zero-order valence-corrected chi connectivity index (χ0v) is 9.59. The van der Waals surface area contributed by atoms with Crippen LogP contribution in [0.15, 0.2) is 24.5 Å². The van der Waals surface area contributed by atoms with Gasteiger partial charge >= 0.3 is 0 Å². The van der Waals surface area contributed by atoms with E-state index in [0.717, 1.165) is 0 Å². The summed E-state index contributed by atoms with van der Waals surface area (Å²) < 4.78 is 0. The van der Waals surface area contributed by atoms with E-state index in [1.807, 2.05) is 18.5 Å². The Morgan fingerprint density at radius 2 is 2.14 bits per heavy atom. The molecule has 78 valence electrons. The lowest BCUT2D eigenvalue weighted by molar-refractivity contribution is 0.402. The number of pyridine rings is 1. The Morgan fingerprint density at radius 3 is 2.64 bits per heavy atom.